The van der Waals surface area contributed by atoms with E-state index < -0.39 is 30.9 Å². The lowest BCUT2D eigenvalue weighted by molar-refractivity contribution is -0.163. The summed E-state index contributed by atoms with van der Waals surface area (Å²) in [6, 6.07) is -0.951. The molecule has 6 nitrogen and oxygen atoms in total. The number of hydrogen-bond donors (Lipinski definition) is 2. The van der Waals surface area contributed by atoms with Crippen molar-refractivity contribution in [1.82, 2.24) is 15.1 Å². The second kappa shape index (κ2) is 8.59. The summed E-state index contributed by atoms with van der Waals surface area (Å²) < 4.78 is 14.4. The van der Waals surface area contributed by atoms with E-state index >= 15 is 0 Å². The maximum atomic E-state index is 14.4. The normalized spacial score (nSPS) is 39.4. The summed E-state index contributed by atoms with van der Waals surface area (Å²) in [5.41, 5.74) is 0. The molecule has 1 aliphatic carbocycles. The van der Waals surface area contributed by atoms with Gasteiger partial charge in [-0.05, 0) is 38.0 Å². The number of halogens is 3. The molecule has 9 heteroatoms. The molecule has 26 heavy (non-hydrogen) atoms. The largest absolute Gasteiger partial charge is 0.394 e. The molecule has 0 aromatic heterocycles. The summed E-state index contributed by atoms with van der Waals surface area (Å²) in [5.74, 6) is -0.383. The van der Waals surface area contributed by atoms with Gasteiger partial charge in [-0.1, -0.05) is 0 Å². The Morgan fingerprint density at radius 3 is 2.46 bits per heavy atom. The number of alkyl halides is 3. The number of nitrogens with zero attached hydrogens (tertiary/aromatic N) is 2. The van der Waals surface area contributed by atoms with Gasteiger partial charge in [0.15, 0.2) is 0 Å². The van der Waals surface area contributed by atoms with Crippen molar-refractivity contribution in [3.8, 4) is 0 Å². The van der Waals surface area contributed by atoms with Gasteiger partial charge in [0.2, 0.25) is 11.8 Å². The van der Waals surface area contributed by atoms with E-state index in [9.17, 15) is 19.1 Å². The highest BCUT2D eigenvalue weighted by atomic mass is 35.5. The van der Waals surface area contributed by atoms with Gasteiger partial charge in [0.05, 0.1) is 6.61 Å². The highest BCUT2D eigenvalue weighted by Gasteiger charge is 2.45. The third-order valence-corrected chi connectivity index (χ3v) is 6.45. The van der Waals surface area contributed by atoms with Gasteiger partial charge in [0, 0.05) is 23.8 Å². The van der Waals surface area contributed by atoms with Crippen molar-refractivity contribution in [3.05, 3.63) is 0 Å². The molecular formula is C17H26Cl2FN3O3. The van der Waals surface area contributed by atoms with Gasteiger partial charge in [-0.3, -0.25) is 14.9 Å². The van der Waals surface area contributed by atoms with Gasteiger partial charge in [0.1, 0.15) is 24.9 Å². The van der Waals surface area contributed by atoms with Crippen LogP contribution in [0.4, 0.5) is 4.39 Å². The third kappa shape index (κ3) is 4.26. The lowest BCUT2D eigenvalue weighted by Crippen LogP contribution is -2.69. The number of nitrogens with one attached hydrogen (secondary N) is 1. The SMILES string of the molecule is O=C1[C@@H](CO)N(CC2CCC(Cl)CC2)C(=O)CN1C1NCC(Cl)CC1F. The first-order valence-electron chi connectivity index (χ1n) is 9.27. The molecule has 2 N–H and O–H groups in total. The van der Waals surface area contributed by atoms with Crippen molar-refractivity contribution < 1.29 is 19.1 Å². The van der Waals surface area contributed by atoms with Crippen LogP contribution in [0.15, 0.2) is 0 Å². The molecule has 3 aliphatic rings. The number of piperidine rings is 1. The van der Waals surface area contributed by atoms with E-state index in [0.29, 0.717) is 13.1 Å². The Morgan fingerprint density at radius 2 is 1.85 bits per heavy atom. The van der Waals surface area contributed by atoms with Gasteiger partial charge in [-0.25, -0.2) is 4.39 Å². The average Bonchev–Trinajstić information content (AvgIpc) is 2.60. The topological polar surface area (TPSA) is 72.9 Å². The number of carbonyl (C=O) groups is 2. The summed E-state index contributed by atoms with van der Waals surface area (Å²) in [4.78, 5) is 28.2. The van der Waals surface area contributed by atoms with E-state index in [4.69, 9.17) is 23.2 Å². The molecule has 0 aromatic rings. The number of rotatable bonds is 4. The van der Waals surface area contributed by atoms with Gasteiger partial charge in [-0.2, -0.15) is 0 Å². The van der Waals surface area contributed by atoms with Crippen LogP contribution in [-0.2, 0) is 9.59 Å². The minimum absolute atomic E-state index is 0.131. The van der Waals surface area contributed by atoms with Gasteiger partial charge < -0.3 is 14.9 Å². The first-order chi connectivity index (χ1) is 12.4. The number of hydrogen-bond acceptors (Lipinski definition) is 4. The maximum Gasteiger partial charge on any atom is 0.249 e. The summed E-state index contributed by atoms with van der Waals surface area (Å²) in [6.45, 7) is 0.174. The standard InChI is InChI=1S/C17H26Cl2FN3O3/c18-11-3-1-10(2-4-11)7-22-14(9-24)17(26)23(8-15(22)25)16-13(20)5-12(19)6-21-16/h10-14,16,21,24H,1-9H2/t10?,11?,12?,13?,14-,16?/m1/s1. The van der Waals surface area contributed by atoms with Crippen LogP contribution in [0.1, 0.15) is 32.1 Å². The third-order valence-electron chi connectivity index (χ3n) is 5.68. The Bertz CT molecular complexity index is 533. The van der Waals surface area contributed by atoms with Crippen LogP contribution in [0, 0.1) is 5.92 Å². The van der Waals surface area contributed by atoms with E-state index in [1.54, 1.807) is 0 Å². The Balaban J connectivity index is 1.68. The fraction of sp³-hybridized carbons (Fsp3) is 0.882. The van der Waals surface area contributed by atoms with Crippen molar-refractivity contribution in [2.75, 3.05) is 26.2 Å². The molecule has 148 valence electrons. The molecule has 2 amide bonds. The van der Waals surface area contributed by atoms with Gasteiger partial charge >= 0.3 is 0 Å². The van der Waals surface area contributed by atoms with Gasteiger partial charge in [0.25, 0.3) is 0 Å². The number of aliphatic hydroxyl groups is 1. The molecule has 4 atom stereocenters. The van der Waals surface area contributed by atoms with Crippen LogP contribution in [-0.4, -0.2) is 82.1 Å². The highest BCUT2D eigenvalue weighted by Crippen LogP contribution is 2.30. The first kappa shape index (κ1) is 20.1. The van der Waals surface area contributed by atoms with Crippen molar-refractivity contribution in [3.63, 3.8) is 0 Å². The Kier molecular flexibility index (Phi) is 6.64. The van der Waals surface area contributed by atoms with E-state index in [0.717, 1.165) is 25.7 Å². The highest BCUT2D eigenvalue weighted by molar-refractivity contribution is 6.21. The molecule has 1 saturated carbocycles. The summed E-state index contributed by atoms with van der Waals surface area (Å²) >= 11 is 12.1. The van der Waals surface area contributed by atoms with Crippen LogP contribution in [0.5, 0.6) is 0 Å². The molecule has 2 saturated heterocycles. The minimum atomic E-state index is -1.34. The Morgan fingerprint density at radius 1 is 1.15 bits per heavy atom. The fourth-order valence-corrected chi connectivity index (χ4v) is 4.69. The van der Waals surface area contributed by atoms with Crippen molar-refractivity contribution in [2.45, 2.75) is 61.2 Å². The lowest BCUT2D eigenvalue weighted by atomic mass is 9.88. The Labute approximate surface area is 163 Å². The van der Waals surface area contributed by atoms with Crippen LogP contribution in [0.2, 0.25) is 0 Å². The molecule has 2 heterocycles. The molecule has 0 bridgehead atoms. The van der Waals surface area contributed by atoms with E-state index in [1.165, 1.54) is 9.80 Å². The zero-order chi connectivity index (χ0) is 18.8. The predicted octanol–water partition coefficient (Wildman–Crippen LogP) is 1.08. The molecule has 3 unspecified atom stereocenters. The van der Waals surface area contributed by atoms with Crippen LogP contribution in [0.25, 0.3) is 0 Å². The second-order valence-electron chi connectivity index (χ2n) is 7.53. The van der Waals surface area contributed by atoms with Crippen LogP contribution in [0.3, 0.4) is 0 Å². The molecule has 3 fully saturated rings. The van der Waals surface area contributed by atoms with Crippen molar-refractivity contribution in [1.29, 1.82) is 0 Å². The molecular weight excluding hydrogens is 384 g/mol. The monoisotopic (exact) mass is 409 g/mol. The van der Waals surface area contributed by atoms with Crippen LogP contribution >= 0.6 is 23.2 Å². The van der Waals surface area contributed by atoms with E-state index in [-0.39, 0.29) is 35.5 Å². The molecule has 0 radical (unpaired) electrons. The quantitative estimate of drug-likeness (QED) is 0.681. The number of piperazine rings is 1. The fourth-order valence-electron chi connectivity index (χ4n) is 4.18. The smallest absolute Gasteiger partial charge is 0.249 e. The molecule has 0 aromatic carbocycles. The Hall–Kier alpha value is -0.630. The van der Waals surface area contributed by atoms with Crippen molar-refractivity contribution >= 4 is 35.0 Å². The number of aliphatic hydroxyl groups excluding tert-OH is 1. The average molecular weight is 410 g/mol. The number of carbonyl (C=O) groups excluding carboxylic acids is 2. The van der Waals surface area contributed by atoms with Crippen LogP contribution < -0.4 is 5.32 Å². The minimum Gasteiger partial charge on any atom is -0.394 e. The summed E-state index contributed by atoms with van der Waals surface area (Å²) in [7, 11) is 0. The number of amides is 2. The molecule has 2 aliphatic heterocycles. The zero-order valence-corrected chi connectivity index (χ0v) is 16.1. The summed E-state index contributed by atoms with van der Waals surface area (Å²) in [5, 5.41) is 12.5. The second-order valence-corrected chi connectivity index (χ2v) is 8.77. The van der Waals surface area contributed by atoms with E-state index in [2.05, 4.69) is 5.32 Å². The maximum absolute atomic E-state index is 14.4. The molecule has 3 rings (SSSR count). The van der Waals surface area contributed by atoms with Gasteiger partial charge in [-0.15, -0.1) is 23.2 Å². The zero-order valence-electron chi connectivity index (χ0n) is 14.6. The predicted molar refractivity (Wildman–Crippen MR) is 96.8 cm³/mol. The van der Waals surface area contributed by atoms with Crippen molar-refractivity contribution in [2.24, 2.45) is 5.92 Å². The first-order valence-corrected chi connectivity index (χ1v) is 10.1. The van der Waals surface area contributed by atoms with E-state index in [1.807, 2.05) is 0 Å². The summed E-state index contributed by atoms with van der Waals surface area (Å²) in [6.07, 6.45) is 1.52. The lowest BCUT2D eigenvalue weighted by Gasteiger charge is -2.46. The molecule has 0 spiro atoms.